The number of ether oxygens (including phenoxy) is 1. The lowest BCUT2D eigenvalue weighted by Gasteiger charge is -2.15. The summed E-state index contributed by atoms with van der Waals surface area (Å²) < 4.78 is 5.08. The van der Waals surface area contributed by atoms with Gasteiger partial charge < -0.3 is 20.3 Å². The van der Waals surface area contributed by atoms with Crippen LogP contribution in [-0.4, -0.2) is 41.8 Å². The molecule has 1 rings (SSSR count). The molecule has 0 amide bonds. The van der Waals surface area contributed by atoms with Crippen LogP contribution in [0.1, 0.15) is 15.9 Å². The number of hydrogen-bond donors (Lipinski definition) is 3. The van der Waals surface area contributed by atoms with E-state index in [2.05, 4.69) is 5.32 Å². The van der Waals surface area contributed by atoms with E-state index in [0.29, 0.717) is 11.4 Å². The molecule has 1 aromatic carbocycles. The molecule has 0 heterocycles. The molecule has 0 saturated carbocycles. The summed E-state index contributed by atoms with van der Waals surface area (Å²) in [5, 5.41) is 21.3. The second-order valence-corrected chi connectivity index (χ2v) is 4.17. The van der Waals surface area contributed by atoms with Crippen molar-refractivity contribution in [3.63, 3.8) is 0 Å². The molecule has 0 saturated heterocycles. The van der Waals surface area contributed by atoms with E-state index in [1.54, 1.807) is 6.07 Å². The molecule has 0 aliphatic rings. The van der Waals surface area contributed by atoms with Crippen LogP contribution in [0, 0.1) is 6.92 Å². The van der Waals surface area contributed by atoms with Crippen LogP contribution in [0.25, 0.3) is 0 Å². The maximum absolute atomic E-state index is 11.1. The van der Waals surface area contributed by atoms with Gasteiger partial charge in [0.1, 0.15) is 5.75 Å². The van der Waals surface area contributed by atoms with Gasteiger partial charge in [-0.2, -0.15) is 0 Å². The second kappa shape index (κ2) is 6.47. The summed E-state index contributed by atoms with van der Waals surface area (Å²) in [6.45, 7) is 2.00. The maximum Gasteiger partial charge on any atom is 0.337 e. The number of alkyl halides is 1. The van der Waals surface area contributed by atoms with Crippen LogP contribution in [-0.2, 0) is 0 Å². The summed E-state index contributed by atoms with van der Waals surface area (Å²) in [4.78, 5) is 11.1. The molecule has 5 nitrogen and oxygen atoms in total. The predicted molar refractivity (Wildman–Crippen MR) is 69.9 cm³/mol. The van der Waals surface area contributed by atoms with E-state index in [9.17, 15) is 9.90 Å². The van der Waals surface area contributed by atoms with E-state index in [1.165, 1.54) is 13.2 Å². The van der Waals surface area contributed by atoms with Crippen LogP contribution in [0.3, 0.4) is 0 Å². The molecule has 0 radical (unpaired) electrons. The number of aryl methyl sites for hydroxylation is 1. The first-order chi connectivity index (χ1) is 8.49. The van der Waals surface area contributed by atoms with Crippen molar-refractivity contribution in [1.29, 1.82) is 0 Å². The predicted octanol–water partition coefficient (Wildman–Crippen LogP) is 1.71. The minimum Gasteiger partial charge on any atom is -0.496 e. The highest BCUT2D eigenvalue weighted by atomic mass is 35.5. The number of carboxylic acid groups (broad SMARTS) is 1. The molecule has 1 unspecified atom stereocenters. The van der Waals surface area contributed by atoms with E-state index in [1.807, 2.05) is 6.92 Å². The third-order valence-corrected chi connectivity index (χ3v) is 2.83. The van der Waals surface area contributed by atoms with Crippen molar-refractivity contribution < 1.29 is 19.7 Å². The summed E-state index contributed by atoms with van der Waals surface area (Å²) in [7, 11) is 1.48. The summed E-state index contributed by atoms with van der Waals surface area (Å²) in [6.07, 6.45) is -0.726. The number of rotatable bonds is 6. The van der Waals surface area contributed by atoms with Gasteiger partial charge in [0, 0.05) is 12.2 Å². The number of methoxy groups -OCH3 is 1. The topological polar surface area (TPSA) is 78.8 Å². The lowest BCUT2D eigenvalue weighted by molar-refractivity contribution is 0.0697. The standard InChI is InChI=1S/C12H16ClNO4/c1-7-3-10(14-6-8(15)5-13)9(12(16)17)4-11(7)18-2/h3-4,8,14-15H,5-6H2,1-2H3,(H,16,17). The van der Waals surface area contributed by atoms with Crippen LogP contribution < -0.4 is 10.1 Å². The van der Waals surface area contributed by atoms with Crippen molar-refractivity contribution in [2.24, 2.45) is 0 Å². The van der Waals surface area contributed by atoms with Crippen LogP contribution in [0.2, 0.25) is 0 Å². The summed E-state index contributed by atoms with van der Waals surface area (Å²) in [5.74, 6) is -0.461. The van der Waals surface area contributed by atoms with Gasteiger partial charge in [0.2, 0.25) is 0 Å². The van der Waals surface area contributed by atoms with Gasteiger partial charge >= 0.3 is 5.97 Å². The average Bonchev–Trinajstić information content (AvgIpc) is 2.35. The fourth-order valence-corrected chi connectivity index (χ4v) is 1.62. The Morgan fingerprint density at radius 3 is 2.72 bits per heavy atom. The molecular formula is C12H16ClNO4. The zero-order valence-electron chi connectivity index (χ0n) is 10.2. The number of aliphatic hydroxyl groups is 1. The van der Waals surface area contributed by atoms with Crippen molar-refractivity contribution in [3.8, 4) is 5.75 Å². The van der Waals surface area contributed by atoms with E-state index in [0.717, 1.165) is 5.56 Å². The first kappa shape index (κ1) is 14.6. The Labute approximate surface area is 110 Å². The minimum atomic E-state index is -1.06. The first-order valence-electron chi connectivity index (χ1n) is 5.39. The van der Waals surface area contributed by atoms with Gasteiger partial charge in [0.15, 0.2) is 0 Å². The summed E-state index contributed by atoms with van der Waals surface area (Å²) >= 11 is 5.47. The fraction of sp³-hybridized carbons (Fsp3) is 0.417. The minimum absolute atomic E-state index is 0.0878. The Hall–Kier alpha value is -1.46. The number of aliphatic hydroxyl groups excluding tert-OH is 1. The van der Waals surface area contributed by atoms with Crippen molar-refractivity contribution in [1.82, 2.24) is 0 Å². The second-order valence-electron chi connectivity index (χ2n) is 3.86. The highest BCUT2D eigenvalue weighted by molar-refractivity contribution is 6.18. The molecule has 0 bridgehead atoms. The van der Waals surface area contributed by atoms with Crippen LogP contribution in [0.4, 0.5) is 5.69 Å². The normalized spacial score (nSPS) is 12.0. The van der Waals surface area contributed by atoms with E-state index in [-0.39, 0.29) is 18.0 Å². The van der Waals surface area contributed by atoms with Crippen molar-refractivity contribution in [2.75, 3.05) is 24.9 Å². The highest BCUT2D eigenvalue weighted by Gasteiger charge is 2.14. The monoisotopic (exact) mass is 273 g/mol. The smallest absolute Gasteiger partial charge is 0.337 e. The Morgan fingerprint density at radius 1 is 1.56 bits per heavy atom. The molecule has 100 valence electrons. The van der Waals surface area contributed by atoms with Crippen molar-refractivity contribution in [2.45, 2.75) is 13.0 Å². The van der Waals surface area contributed by atoms with E-state index >= 15 is 0 Å². The molecule has 0 aliphatic heterocycles. The van der Waals surface area contributed by atoms with Gasteiger partial charge in [0.05, 0.1) is 24.7 Å². The zero-order valence-corrected chi connectivity index (χ0v) is 11.0. The molecule has 0 fully saturated rings. The number of hydrogen-bond acceptors (Lipinski definition) is 4. The Balaban J connectivity index is 3.01. The number of carbonyl (C=O) groups is 1. The van der Waals surface area contributed by atoms with Gasteiger partial charge in [0.25, 0.3) is 0 Å². The molecule has 0 aliphatic carbocycles. The van der Waals surface area contributed by atoms with E-state index in [4.69, 9.17) is 21.4 Å². The van der Waals surface area contributed by atoms with Crippen LogP contribution >= 0.6 is 11.6 Å². The number of benzene rings is 1. The maximum atomic E-state index is 11.1. The van der Waals surface area contributed by atoms with E-state index < -0.39 is 12.1 Å². The molecule has 1 atom stereocenters. The van der Waals surface area contributed by atoms with Gasteiger partial charge in [-0.05, 0) is 24.6 Å². The Bertz CT molecular complexity index is 436. The number of halogens is 1. The number of aromatic carboxylic acids is 1. The highest BCUT2D eigenvalue weighted by Crippen LogP contribution is 2.26. The van der Waals surface area contributed by atoms with Gasteiger partial charge in [-0.25, -0.2) is 4.79 Å². The molecule has 18 heavy (non-hydrogen) atoms. The molecule has 3 N–H and O–H groups in total. The molecule has 0 spiro atoms. The zero-order chi connectivity index (χ0) is 13.7. The van der Waals surface area contributed by atoms with Gasteiger partial charge in [-0.1, -0.05) is 0 Å². The van der Waals surface area contributed by atoms with Gasteiger partial charge in [-0.15, -0.1) is 11.6 Å². The average molecular weight is 274 g/mol. The largest absolute Gasteiger partial charge is 0.496 e. The number of nitrogens with one attached hydrogen (secondary N) is 1. The number of anilines is 1. The number of carboxylic acids is 1. The van der Waals surface area contributed by atoms with Crippen LogP contribution in [0.5, 0.6) is 5.75 Å². The quantitative estimate of drug-likeness (QED) is 0.688. The van der Waals surface area contributed by atoms with Crippen LogP contribution in [0.15, 0.2) is 12.1 Å². The fourth-order valence-electron chi connectivity index (χ4n) is 1.51. The SMILES string of the molecule is COc1cc(C(=O)O)c(NCC(O)CCl)cc1C. The van der Waals surface area contributed by atoms with Crippen molar-refractivity contribution >= 4 is 23.3 Å². The van der Waals surface area contributed by atoms with Gasteiger partial charge in [-0.3, -0.25) is 0 Å². The third-order valence-electron chi connectivity index (χ3n) is 2.47. The first-order valence-corrected chi connectivity index (χ1v) is 5.92. The Morgan fingerprint density at radius 2 is 2.22 bits per heavy atom. The molecule has 6 heteroatoms. The Kier molecular flexibility index (Phi) is 5.25. The lowest BCUT2D eigenvalue weighted by Crippen LogP contribution is -2.22. The molecular weight excluding hydrogens is 258 g/mol. The lowest BCUT2D eigenvalue weighted by atomic mass is 10.1. The molecule has 0 aromatic heterocycles. The van der Waals surface area contributed by atoms with Crippen molar-refractivity contribution in [3.05, 3.63) is 23.3 Å². The molecule has 1 aromatic rings. The summed E-state index contributed by atoms with van der Waals surface area (Å²) in [6, 6.07) is 3.12. The third kappa shape index (κ3) is 3.51. The summed E-state index contributed by atoms with van der Waals surface area (Å²) in [5.41, 5.74) is 1.34.